The molecule has 0 saturated carbocycles. The van der Waals surface area contributed by atoms with Crippen molar-refractivity contribution in [3.63, 3.8) is 0 Å². The van der Waals surface area contributed by atoms with E-state index < -0.39 is 5.43 Å². The number of hydrogen-bond donors (Lipinski definition) is 1. The van der Waals surface area contributed by atoms with E-state index in [0.29, 0.717) is 18.9 Å². The van der Waals surface area contributed by atoms with Gasteiger partial charge in [0.2, 0.25) is 5.43 Å². The molecular weight excluding hydrogens is 294 g/mol. The highest BCUT2D eigenvalue weighted by Gasteiger charge is 2.23. The van der Waals surface area contributed by atoms with Crippen LogP contribution in [0, 0.1) is 13.8 Å². The van der Waals surface area contributed by atoms with Crippen molar-refractivity contribution in [3.8, 4) is 5.75 Å². The lowest BCUT2D eigenvalue weighted by atomic mass is 10.00. The van der Waals surface area contributed by atoms with E-state index in [4.69, 9.17) is 9.15 Å². The van der Waals surface area contributed by atoms with E-state index in [1.54, 1.807) is 0 Å². The van der Waals surface area contributed by atoms with Gasteiger partial charge in [-0.15, -0.1) is 0 Å². The average Bonchev–Trinajstić information content (AvgIpc) is 2.51. The monoisotopic (exact) mass is 315 g/mol. The Labute approximate surface area is 135 Å². The molecule has 3 rings (SSSR count). The molecule has 0 amide bonds. The standard InChI is InChI=1S/C18H21NO4/c1-12-3-4-15(13(2)7-12)18-10-19(5-6-22-18)9-14-8-16(20)17(21)11-23-14/h3-4,7-8,11,18,21H,5-6,9-10H2,1-2H3/t18-/m1/s1. The lowest BCUT2D eigenvalue weighted by molar-refractivity contribution is -0.0351. The van der Waals surface area contributed by atoms with Gasteiger partial charge in [0.25, 0.3) is 0 Å². The summed E-state index contributed by atoms with van der Waals surface area (Å²) in [6.45, 7) is 6.88. The third-order valence-electron chi connectivity index (χ3n) is 4.17. The van der Waals surface area contributed by atoms with Crippen LogP contribution in [0.15, 0.2) is 39.7 Å². The molecule has 2 heterocycles. The molecule has 1 aromatic carbocycles. The lowest BCUT2D eigenvalue weighted by Crippen LogP contribution is -2.38. The molecule has 2 aromatic rings. The van der Waals surface area contributed by atoms with Crippen LogP contribution < -0.4 is 5.43 Å². The fourth-order valence-electron chi connectivity index (χ4n) is 2.97. The second-order valence-corrected chi connectivity index (χ2v) is 6.05. The first-order valence-electron chi connectivity index (χ1n) is 7.75. The van der Waals surface area contributed by atoms with Gasteiger partial charge in [0.1, 0.15) is 12.0 Å². The Balaban J connectivity index is 1.72. The SMILES string of the molecule is Cc1ccc([C@H]2CN(Cc3cc(=O)c(O)co3)CCO2)c(C)c1. The van der Waals surface area contributed by atoms with E-state index in [1.165, 1.54) is 22.8 Å². The van der Waals surface area contributed by atoms with Gasteiger partial charge in [-0.1, -0.05) is 23.8 Å². The van der Waals surface area contributed by atoms with Crippen LogP contribution in [0.1, 0.15) is 28.6 Å². The van der Waals surface area contributed by atoms with Gasteiger partial charge in [0, 0.05) is 19.2 Å². The highest BCUT2D eigenvalue weighted by molar-refractivity contribution is 5.32. The Kier molecular flexibility index (Phi) is 4.50. The molecule has 1 aliphatic rings. The molecule has 1 fully saturated rings. The van der Waals surface area contributed by atoms with Crippen molar-refractivity contribution in [2.45, 2.75) is 26.5 Å². The molecule has 0 spiro atoms. The number of nitrogens with zero attached hydrogens (tertiary/aromatic N) is 1. The van der Waals surface area contributed by atoms with Gasteiger partial charge in [-0.3, -0.25) is 9.69 Å². The van der Waals surface area contributed by atoms with E-state index in [-0.39, 0.29) is 11.9 Å². The number of morpholine rings is 1. The fourth-order valence-corrected chi connectivity index (χ4v) is 2.97. The van der Waals surface area contributed by atoms with Gasteiger partial charge in [-0.25, -0.2) is 0 Å². The first kappa shape index (κ1) is 15.8. The van der Waals surface area contributed by atoms with E-state index >= 15 is 0 Å². The number of aryl methyl sites for hydroxylation is 2. The van der Waals surface area contributed by atoms with Crippen LogP contribution in [0.5, 0.6) is 5.75 Å². The van der Waals surface area contributed by atoms with Gasteiger partial charge in [-0.2, -0.15) is 0 Å². The number of aromatic hydroxyl groups is 1. The van der Waals surface area contributed by atoms with E-state index in [1.807, 2.05) is 0 Å². The zero-order valence-electron chi connectivity index (χ0n) is 13.4. The van der Waals surface area contributed by atoms with E-state index in [9.17, 15) is 9.90 Å². The second kappa shape index (κ2) is 6.56. The Hall–Kier alpha value is -2.11. The van der Waals surface area contributed by atoms with Crippen molar-refractivity contribution in [2.24, 2.45) is 0 Å². The summed E-state index contributed by atoms with van der Waals surface area (Å²) in [5, 5.41) is 9.25. The topological polar surface area (TPSA) is 62.9 Å². The van der Waals surface area contributed by atoms with Crippen molar-refractivity contribution in [1.29, 1.82) is 0 Å². The van der Waals surface area contributed by atoms with Gasteiger partial charge >= 0.3 is 0 Å². The van der Waals surface area contributed by atoms with E-state index in [0.717, 1.165) is 19.4 Å². The molecule has 1 atom stereocenters. The van der Waals surface area contributed by atoms with Crippen LogP contribution in [0.25, 0.3) is 0 Å². The summed E-state index contributed by atoms with van der Waals surface area (Å²) in [5.74, 6) is 0.193. The van der Waals surface area contributed by atoms with Crippen LogP contribution in [-0.2, 0) is 11.3 Å². The third kappa shape index (κ3) is 3.63. The number of rotatable bonds is 3. The predicted octanol–water partition coefficient (Wildman–Crippen LogP) is 2.54. The average molecular weight is 315 g/mol. The van der Waals surface area contributed by atoms with Crippen molar-refractivity contribution in [3.05, 3.63) is 63.2 Å². The molecule has 1 aliphatic heterocycles. The minimum absolute atomic E-state index is 0.0215. The van der Waals surface area contributed by atoms with Crippen molar-refractivity contribution in [2.75, 3.05) is 19.7 Å². The predicted molar refractivity (Wildman–Crippen MR) is 86.5 cm³/mol. The van der Waals surface area contributed by atoms with Crippen LogP contribution >= 0.6 is 0 Å². The summed E-state index contributed by atoms with van der Waals surface area (Å²) in [4.78, 5) is 13.7. The Morgan fingerprint density at radius 3 is 2.87 bits per heavy atom. The first-order chi connectivity index (χ1) is 11.0. The van der Waals surface area contributed by atoms with Crippen molar-refractivity contribution >= 4 is 0 Å². The second-order valence-electron chi connectivity index (χ2n) is 6.05. The molecule has 0 unspecified atom stereocenters. The van der Waals surface area contributed by atoms with Gasteiger partial charge in [0.05, 0.1) is 19.3 Å². The molecule has 0 radical (unpaired) electrons. The zero-order valence-corrected chi connectivity index (χ0v) is 13.4. The maximum absolute atomic E-state index is 11.5. The summed E-state index contributed by atoms with van der Waals surface area (Å²) >= 11 is 0. The summed E-state index contributed by atoms with van der Waals surface area (Å²) in [7, 11) is 0. The lowest BCUT2D eigenvalue weighted by Gasteiger charge is -2.33. The smallest absolute Gasteiger partial charge is 0.226 e. The van der Waals surface area contributed by atoms with Gasteiger partial charge < -0.3 is 14.3 Å². The van der Waals surface area contributed by atoms with Crippen LogP contribution in [0.4, 0.5) is 0 Å². The molecule has 5 heteroatoms. The highest BCUT2D eigenvalue weighted by atomic mass is 16.5. The minimum atomic E-state index is -0.412. The fraction of sp³-hybridized carbons (Fsp3) is 0.389. The Morgan fingerprint density at radius 1 is 1.30 bits per heavy atom. The molecule has 1 saturated heterocycles. The summed E-state index contributed by atoms with van der Waals surface area (Å²) in [6.07, 6.45) is 1.12. The molecule has 0 aliphatic carbocycles. The quantitative estimate of drug-likeness (QED) is 0.943. The molecule has 122 valence electrons. The van der Waals surface area contributed by atoms with Crippen molar-refractivity contribution < 1.29 is 14.3 Å². The molecule has 1 aromatic heterocycles. The molecule has 23 heavy (non-hydrogen) atoms. The molecule has 1 N–H and O–H groups in total. The normalized spacial score (nSPS) is 19.0. The number of ether oxygens (including phenoxy) is 1. The Morgan fingerprint density at radius 2 is 2.13 bits per heavy atom. The third-order valence-corrected chi connectivity index (χ3v) is 4.17. The largest absolute Gasteiger partial charge is 0.502 e. The first-order valence-corrected chi connectivity index (χ1v) is 7.75. The molecule has 0 bridgehead atoms. The van der Waals surface area contributed by atoms with Crippen LogP contribution in [-0.4, -0.2) is 29.7 Å². The van der Waals surface area contributed by atoms with Crippen LogP contribution in [0.2, 0.25) is 0 Å². The summed E-state index contributed by atoms with van der Waals surface area (Å²) in [6, 6.07) is 7.73. The van der Waals surface area contributed by atoms with Gasteiger partial charge in [-0.05, 0) is 25.0 Å². The zero-order chi connectivity index (χ0) is 16.4. The van der Waals surface area contributed by atoms with E-state index in [2.05, 4.69) is 36.9 Å². The Bertz CT molecular complexity index is 753. The number of benzene rings is 1. The molecular formula is C18H21NO4. The maximum Gasteiger partial charge on any atom is 0.226 e. The minimum Gasteiger partial charge on any atom is -0.502 e. The maximum atomic E-state index is 11.5. The molecule has 5 nitrogen and oxygen atoms in total. The highest BCUT2D eigenvalue weighted by Crippen LogP contribution is 2.26. The van der Waals surface area contributed by atoms with Crippen LogP contribution in [0.3, 0.4) is 0 Å². The summed E-state index contributed by atoms with van der Waals surface area (Å²) < 4.78 is 11.2. The summed E-state index contributed by atoms with van der Waals surface area (Å²) in [5.41, 5.74) is 3.26. The van der Waals surface area contributed by atoms with Gasteiger partial charge in [0.15, 0.2) is 5.75 Å². The number of hydrogen-bond acceptors (Lipinski definition) is 5. The van der Waals surface area contributed by atoms with Crippen molar-refractivity contribution in [1.82, 2.24) is 4.90 Å².